The second-order valence-electron chi connectivity index (χ2n) is 10.7. The van der Waals surface area contributed by atoms with Crippen molar-refractivity contribution in [3.05, 3.63) is 71.3 Å². The van der Waals surface area contributed by atoms with Crippen LogP contribution in [0.5, 0.6) is 0 Å². The minimum Gasteiger partial charge on any atom is -0.468 e. The van der Waals surface area contributed by atoms with E-state index in [-0.39, 0.29) is 43.0 Å². The maximum absolute atomic E-state index is 14.4. The molecular weight excluding hydrogens is 578 g/mol. The summed E-state index contributed by atoms with van der Waals surface area (Å²) in [6, 6.07) is 10.3. The van der Waals surface area contributed by atoms with Crippen LogP contribution in [0.2, 0.25) is 0 Å². The van der Waals surface area contributed by atoms with E-state index < -0.39 is 41.0 Å². The summed E-state index contributed by atoms with van der Waals surface area (Å²) >= 11 is 0. The predicted octanol–water partition coefficient (Wildman–Crippen LogP) is 3.33. The van der Waals surface area contributed by atoms with Crippen LogP contribution in [0.1, 0.15) is 42.9 Å². The molecule has 236 valence electrons. The molecule has 1 aliphatic carbocycles. The van der Waals surface area contributed by atoms with Crippen molar-refractivity contribution < 1.29 is 42.2 Å². The van der Waals surface area contributed by atoms with Gasteiger partial charge in [0.25, 0.3) is 0 Å². The molecule has 2 aromatic carbocycles. The van der Waals surface area contributed by atoms with E-state index in [1.54, 1.807) is 0 Å². The Morgan fingerprint density at radius 2 is 1.77 bits per heavy atom. The van der Waals surface area contributed by atoms with Crippen molar-refractivity contribution in [1.29, 1.82) is 0 Å². The van der Waals surface area contributed by atoms with Crippen molar-refractivity contribution in [2.45, 2.75) is 43.2 Å². The minimum absolute atomic E-state index is 0.0122. The third-order valence-corrected chi connectivity index (χ3v) is 8.32. The summed E-state index contributed by atoms with van der Waals surface area (Å²) < 4.78 is 43.5. The van der Waals surface area contributed by atoms with Gasteiger partial charge >= 0.3 is 18.0 Å². The Labute approximate surface area is 254 Å². The van der Waals surface area contributed by atoms with Crippen molar-refractivity contribution in [1.82, 2.24) is 15.3 Å². The van der Waals surface area contributed by atoms with Crippen LogP contribution < -0.4 is 5.32 Å². The topological polar surface area (TPSA) is 127 Å². The Balaban J connectivity index is 1.53. The summed E-state index contributed by atoms with van der Waals surface area (Å²) in [6.45, 7) is 0.0153. The van der Waals surface area contributed by atoms with E-state index in [2.05, 4.69) is 10.3 Å². The first-order valence-corrected chi connectivity index (χ1v) is 14.2. The molecule has 1 fully saturated rings. The van der Waals surface area contributed by atoms with Crippen LogP contribution in [0.3, 0.4) is 0 Å². The Hall–Kier alpha value is -4.23. The van der Waals surface area contributed by atoms with Crippen LogP contribution in [0.25, 0.3) is 0 Å². The van der Waals surface area contributed by atoms with Crippen molar-refractivity contribution in [2.24, 2.45) is 10.9 Å². The SMILES string of the molecule is COCC1=NC(=O)N(N(C=O)CCNC2CCC(C(=O)OC)(c3ccccc3)CC2)C(c2ccc(F)c(F)c2)C1C(=O)OC. The van der Waals surface area contributed by atoms with Gasteiger partial charge in [0.1, 0.15) is 5.92 Å². The first-order chi connectivity index (χ1) is 21.2. The van der Waals surface area contributed by atoms with Crippen LogP contribution in [-0.4, -0.2) is 87.2 Å². The lowest BCUT2D eigenvalue weighted by molar-refractivity contribution is -0.150. The van der Waals surface area contributed by atoms with E-state index in [1.807, 2.05) is 30.3 Å². The van der Waals surface area contributed by atoms with Crippen molar-refractivity contribution in [2.75, 3.05) is 41.0 Å². The number of nitrogens with zero attached hydrogens (tertiary/aromatic N) is 3. The van der Waals surface area contributed by atoms with E-state index in [0.717, 1.165) is 34.8 Å². The number of methoxy groups -OCH3 is 3. The highest BCUT2D eigenvalue weighted by atomic mass is 19.2. The number of rotatable bonds is 12. The zero-order valence-corrected chi connectivity index (χ0v) is 24.8. The van der Waals surface area contributed by atoms with E-state index >= 15 is 0 Å². The fraction of sp³-hybridized carbons (Fsp3) is 0.452. The van der Waals surface area contributed by atoms with E-state index in [9.17, 15) is 28.0 Å². The molecule has 3 amide bonds. The average molecular weight is 615 g/mol. The van der Waals surface area contributed by atoms with Gasteiger partial charge in [0.15, 0.2) is 11.6 Å². The van der Waals surface area contributed by atoms with Crippen molar-refractivity contribution in [3.63, 3.8) is 0 Å². The van der Waals surface area contributed by atoms with Crippen LogP contribution in [-0.2, 0) is 34.0 Å². The van der Waals surface area contributed by atoms with Crippen molar-refractivity contribution in [3.8, 4) is 0 Å². The molecule has 2 unspecified atom stereocenters. The van der Waals surface area contributed by atoms with E-state index in [1.165, 1.54) is 20.3 Å². The van der Waals surface area contributed by atoms with Crippen LogP contribution >= 0.6 is 0 Å². The highest BCUT2D eigenvalue weighted by Crippen LogP contribution is 2.41. The molecule has 0 bridgehead atoms. The minimum atomic E-state index is -1.28. The van der Waals surface area contributed by atoms with Gasteiger partial charge in [-0.2, -0.15) is 4.99 Å². The largest absolute Gasteiger partial charge is 0.468 e. The molecule has 1 heterocycles. The van der Waals surface area contributed by atoms with Crippen LogP contribution in [0.15, 0.2) is 53.5 Å². The second kappa shape index (κ2) is 14.5. The Morgan fingerprint density at radius 1 is 1.07 bits per heavy atom. The second-order valence-corrected chi connectivity index (χ2v) is 10.7. The van der Waals surface area contributed by atoms with Gasteiger partial charge in [0.2, 0.25) is 6.41 Å². The fourth-order valence-electron chi connectivity index (χ4n) is 6.12. The van der Waals surface area contributed by atoms with E-state index in [0.29, 0.717) is 32.1 Å². The lowest BCUT2D eigenvalue weighted by Gasteiger charge is -2.43. The number of amides is 3. The van der Waals surface area contributed by atoms with Gasteiger partial charge in [0.05, 0.1) is 44.5 Å². The number of ether oxygens (including phenoxy) is 3. The normalized spacial score (nSPS) is 23.5. The molecular formula is C31H36F2N4O7. The van der Waals surface area contributed by atoms with Gasteiger partial charge in [0, 0.05) is 19.7 Å². The number of halogens is 2. The number of aliphatic imine (C=N–C) groups is 1. The van der Waals surface area contributed by atoms with E-state index in [4.69, 9.17) is 14.2 Å². The summed E-state index contributed by atoms with van der Waals surface area (Å²) in [6.07, 6.45) is 2.83. The molecule has 4 rings (SSSR count). The first kappa shape index (κ1) is 32.7. The predicted molar refractivity (Wildman–Crippen MR) is 154 cm³/mol. The highest BCUT2D eigenvalue weighted by molar-refractivity contribution is 6.10. The average Bonchev–Trinajstić information content (AvgIpc) is 3.04. The summed E-state index contributed by atoms with van der Waals surface area (Å²) in [5, 5.41) is 5.39. The number of carbonyl (C=O) groups excluding carboxylic acids is 4. The lowest BCUT2D eigenvalue weighted by Crippen LogP contribution is -2.56. The Kier molecular flexibility index (Phi) is 10.8. The highest BCUT2D eigenvalue weighted by Gasteiger charge is 2.47. The molecule has 13 heteroatoms. The summed E-state index contributed by atoms with van der Waals surface area (Å²) in [7, 11) is 3.88. The molecule has 1 N–H and O–H groups in total. The summed E-state index contributed by atoms with van der Waals surface area (Å²) in [4.78, 5) is 55.5. The zero-order valence-electron chi connectivity index (χ0n) is 24.8. The molecule has 1 aliphatic heterocycles. The molecule has 0 aromatic heterocycles. The number of hydrogen-bond acceptors (Lipinski definition) is 8. The Morgan fingerprint density at radius 3 is 2.36 bits per heavy atom. The number of hydrogen-bond donors (Lipinski definition) is 1. The van der Waals surface area contributed by atoms with Gasteiger partial charge in [-0.15, -0.1) is 0 Å². The lowest BCUT2D eigenvalue weighted by atomic mass is 9.68. The monoisotopic (exact) mass is 614 g/mol. The van der Waals surface area contributed by atoms with Gasteiger partial charge in [-0.3, -0.25) is 19.4 Å². The maximum atomic E-state index is 14.4. The summed E-state index contributed by atoms with van der Waals surface area (Å²) in [5.41, 5.74) is 0.233. The van der Waals surface area contributed by atoms with Gasteiger partial charge in [-0.1, -0.05) is 36.4 Å². The van der Waals surface area contributed by atoms with Crippen molar-refractivity contribution >= 4 is 30.1 Å². The number of benzene rings is 2. The first-order valence-electron chi connectivity index (χ1n) is 14.2. The molecule has 0 spiro atoms. The number of nitrogens with one attached hydrogen (secondary N) is 1. The number of urea groups is 1. The number of hydrazine groups is 1. The molecule has 2 aliphatic rings. The van der Waals surface area contributed by atoms with Gasteiger partial charge < -0.3 is 19.5 Å². The molecule has 44 heavy (non-hydrogen) atoms. The number of esters is 2. The maximum Gasteiger partial charge on any atom is 0.363 e. The zero-order chi connectivity index (χ0) is 31.9. The quantitative estimate of drug-likeness (QED) is 0.285. The summed E-state index contributed by atoms with van der Waals surface area (Å²) in [5.74, 6) is -4.65. The molecule has 2 aromatic rings. The molecule has 0 saturated heterocycles. The smallest absolute Gasteiger partial charge is 0.363 e. The fourth-order valence-corrected chi connectivity index (χ4v) is 6.12. The third kappa shape index (κ3) is 6.63. The molecule has 2 atom stereocenters. The Bertz CT molecular complexity index is 1380. The van der Waals surface area contributed by atoms with Crippen LogP contribution in [0.4, 0.5) is 13.6 Å². The van der Waals surface area contributed by atoms with Crippen LogP contribution in [0, 0.1) is 17.6 Å². The third-order valence-electron chi connectivity index (χ3n) is 8.32. The molecule has 0 radical (unpaired) electrons. The molecule has 11 nitrogen and oxygen atoms in total. The van der Waals surface area contributed by atoms with Gasteiger partial charge in [-0.05, 0) is 48.9 Å². The van der Waals surface area contributed by atoms with Gasteiger partial charge in [-0.25, -0.2) is 18.6 Å². The molecule has 1 saturated carbocycles. The standard InChI is InChI=1S/C31H36F2N4O7/c1-42-18-25-26(28(39)43-2)27(20-9-10-23(32)24(33)17-20)37(30(41)35-25)36(19-38)16-15-34-22-11-13-31(14-12-22,29(40)44-3)21-7-5-4-6-8-21/h4-10,17,19,22,26-27,34H,11-16,18H2,1-3H3. The number of carbonyl (C=O) groups is 4.